The second-order valence-electron chi connectivity index (χ2n) is 6.58. The highest BCUT2D eigenvalue weighted by atomic mass is 79.9. The smallest absolute Gasteiger partial charge is 0.269 e. The van der Waals surface area contributed by atoms with Gasteiger partial charge in [0.1, 0.15) is 5.75 Å². The van der Waals surface area contributed by atoms with Crippen molar-refractivity contribution in [3.05, 3.63) is 98.5 Å². The van der Waals surface area contributed by atoms with E-state index in [0.29, 0.717) is 6.42 Å². The first-order valence-electron chi connectivity index (χ1n) is 9.04. The van der Waals surface area contributed by atoms with E-state index in [1.165, 1.54) is 12.1 Å². The lowest BCUT2D eigenvalue weighted by atomic mass is 9.96. The van der Waals surface area contributed by atoms with Crippen molar-refractivity contribution in [3.63, 3.8) is 0 Å². The molecule has 3 rings (SSSR count). The molecule has 0 saturated heterocycles. The number of nitro benzene ring substituents is 1. The predicted octanol–water partition coefficient (Wildman–Crippen LogP) is 5.64. The summed E-state index contributed by atoms with van der Waals surface area (Å²) in [5, 5.41) is 25.0. The summed E-state index contributed by atoms with van der Waals surface area (Å²) >= 11 is 3.40. The van der Waals surface area contributed by atoms with E-state index in [2.05, 4.69) is 21.2 Å². The van der Waals surface area contributed by atoms with E-state index in [4.69, 9.17) is 4.74 Å². The van der Waals surface area contributed by atoms with Crippen LogP contribution in [0.15, 0.2) is 77.3 Å². The van der Waals surface area contributed by atoms with Crippen molar-refractivity contribution >= 4 is 27.3 Å². The highest BCUT2D eigenvalue weighted by Gasteiger charge is 2.19. The summed E-state index contributed by atoms with van der Waals surface area (Å²) in [5.41, 5.74) is 2.56. The van der Waals surface area contributed by atoms with Crippen molar-refractivity contribution in [2.24, 2.45) is 0 Å². The standard InChI is InChI=1S/C22H21BrN2O4/c1-29-20-12-4-15(5-13-20)21(14-22(26)16-2-6-17(23)7-3-16)24-18-8-10-19(11-9-18)25(27)28/h2-13,21-22,24,26H,14H2,1H3. The van der Waals surface area contributed by atoms with Gasteiger partial charge in [0.15, 0.2) is 0 Å². The minimum absolute atomic E-state index is 0.0337. The number of halogens is 1. The van der Waals surface area contributed by atoms with Gasteiger partial charge in [0.25, 0.3) is 5.69 Å². The molecule has 3 aromatic carbocycles. The molecule has 150 valence electrons. The maximum absolute atomic E-state index is 10.9. The van der Waals surface area contributed by atoms with E-state index in [1.54, 1.807) is 19.2 Å². The van der Waals surface area contributed by atoms with Crippen LogP contribution in [0, 0.1) is 10.1 Å². The van der Waals surface area contributed by atoms with Crippen LogP contribution >= 0.6 is 15.9 Å². The Balaban J connectivity index is 1.83. The molecule has 0 saturated carbocycles. The van der Waals surface area contributed by atoms with Gasteiger partial charge in [-0.2, -0.15) is 0 Å². The number of anilines is 1. The van der Waals surface area contributed by atoms with Gasteiger partial charge in [0, 0.05) is 28.7 Å². The van der Waals surface area contributed by atoms with Crippen molar-refractivity contribution in [2.75, 3.05) is 12.4 Å². The van der Waals surface area contributed by atoms with E-state index >= 15 is 0 Å². The maximum atomic E-state index is 10.9. The molecule has 2 N–H and O–H groups in total. The van der Waals surface area contributed by atoms with Crippen LogP contribution in [0.2, 0.25) is 0 Å². The van der Waals surface area contributed by atoms with Crippen LogP contribution in [0.5, 0.6) is 5.75 Å². The Hall–Kier alpha value is -2.90. The minimum atomic E-state index is -0.680. The van der Waals surface area contributed by atoms with E-state index in [0.717, 1.165) is 27.0 Å². The summed E-state index contributed by atoms with van der Waals surface area (Å²) in [6.07, 6.45) is -0.258. The molecule has 0 fully saturated rings. The molecule has 0 aliphatic heterocycles. The zero-order valence-corrected chi connectivity index (χ0v) is 17.4. The van der Waals surface area contributed by atoms with Crippen molar-refractivity contribution in [1.29, 1.82) is 0 Å². The summed E-state index contributed by atoms with van der Waals surface area (Å²) in [5.74, 6) is 0.747. The van der Waals surface area contributed by atoms with Gasteiger partial charge in [0.05, 0.1) is 24.2 Å². The molecule has 2 atom stereocenters. The van der Waals surface area contributed by atoms with E-state index in [1.807, 2.05) is 48.5 Å². The number of nitrogens with zero attached hydrogens (tertiary/aromatic N) is 1. The van der Waals surface area contributed by atoms with E-state index < -0.39 is 11.0 Å². The summed E-state index contributed by atoms with van der Waals surface area (Å²) < 4.78 is 6.17. The molecule has 6 nitrogen and oxygen atoms in total. The summed E-state index contributed by atoms with van der Waals surface area (Å²) in [6.45, 7) is 0. The first-order chi connectivity index (χ1) is 14.0. The molecule has 29 heavy (non-hydrogen) atoms. The third-order valence-electron chi connectivity index (χ3n) is 4.65. The van der Waals surface area contributed by atoms with Gasteiger partial charge >= 0.3 is 0 Å². The molecular formula is C22H21BrN2O4. The number of aliphatic hydroxyl groups is 1. The zero-order chi connectivity index (χ0) is 20.8. The van der Waals surface area contributed by atoms with Crippen LogP contribution in [0.3, 0.4) is 0 Å². The van der Waals surface area contributed by atoms with Crippen LogP contribution in [0.1, 0.15) is 29.7 Å². The number of hydrogen-bond donors (Lipinski definition) is 2. The molecule has 0 bridgehead atoms. The van der Waals surface area contributed by atoms with Crippen LogP contribution < -0.4 is 10.1 Å². The fourth-order valence-corrected chi connectivity index (χ4v) is 3.30. The largest absolute Gasteiger partial charge is 0.497 e. The second-order valence-corrected chi connectivity index (χ2v) is 7.49. The number of nitrogens with one attached hydrogen (secondary N) is 1. The Morgan fingerprint density at radius 2 is 1.59 bits per heavy atom. The van der Waals surface area contributed by atoms with Crippen molar-refractivity contribution in [1.82, 2.24) is 0 Å². The third-order valence-corrected chi connectivity index (χ3v) is 5.18. The molecular weight excluding hydrogens is 436 g/mol. The number of benzene rings is 3. The lowest BCUT2D eigenvalue weighted by Crippen LogP contribution is -2.15. The average molecular weight is 457 g/mol. The molecule has 0 spiro atoms. The number of aliphatic hydroxyl groups excluding tert-OH is 1. The summed E-state index contributed by atoms with van der Waals surface area (Å²) in [4.78, 5) is 10.5. The average Bonchev–Trinajstić information content (AvgIpc) is 2.74. The maximum Gasteiger partial charge on any atom is 0.269 e. The van der Waals surface area contributed by atoms with Crippen LogP contribution in [0.25, 0.3) is 0 Å². The highest BCUT2D eigenvalue weighted by Crippen LogP contribution is 2.31. The van der Waals surface area contributed by atoms with Gasteiger partial charge in [-0.1, -0.05) is 40.2 Å². The predicted molar refractivity (Wildman–Crippen MR) is 116 cm³/mol. The Morgan fingerprint density at radius 1 is 1.00 bits per heavy atom. The Bertz CT molecular complexity index is 944. The summed E-state index contributed by atoms with van der Waals surface area (Å²) in [6, 6.07) is 21.2. The summed E-state index contributed by atoms with van der Waals surface area (Å²) in [7, 11) is 1.61. The zero-order valence-electron chi connectivity index (χ0n) is 15.8. The molecule has 0 radical (unpaired) electrons. The molecule has 0 amide bonds. The minimum Gasteiger partial charge on any atom is -0.497 e. The van der Waals surface area contributed by atoms with Gasteiger partial charge in [0.2, 0.25) is 0 Å². The lowest BCUT2D eigenvalue weighted by Gasteiger charge is -2.24. The monoisotopic (exact) mass is 456 g/mol. The SMILES string of the molecule is COc1ccc(C(CC(O)c2ccc(Br)cc2)Nc2ccc([N+](=O)[O-])cc2)cc1. The molecule has 0 aliphatic rings. The highest BCUT2D eigenvalue weighted by molar-refractivity contribution is 9.10. The fraction of sp³-hybridized carbons (Fsp3) is 0.182. The van der Waals surface area contributed by atoms with Crippen LogP contribution in [0.4, 0.5) is 11.4 Å². The number of nitro groups is 1. The Kier molecular flexibility index (Phi) is 6.85. The van der Waals surface area contributed by atoms with Crippen molar-refractivity contribution < 1.29 is 14.8 Å². The van der Waals surface area contributed by atoms with Crippen LogP contribution in [-0.4, -0.2) is 17.1 Å². The number of hydrogen-bond acceptors (Lipinski definition) is 5. The fourth-order valence-electron chi connectivity index (χ4n) is 3.04. The van der Waals surface area contributed by atoms with E-state index in [9.17, 15) is 15.2 Å². The number of methoxy groups -OCH3 is 1. The number of non-ortho nitro benzene ring substituents is 1. The molecule has 0 heterocycles. The lowest BCUT2D eigenvalue weighted by molar-refractivity contribution is -0.384. The quantitative estimate of drug-likeness (QED) is 0.338. The van der Waals surface area contributed by atoms with Crippen LogP contribution in [-0.2, 0) is 0 Å². The normalized spacial score (nSPS) is 12.8. The number of rotatable bonds is 8. The molecule has 2 unspecified atom stereocenters. The topological polar surface area (TPSA) is 84.6 Å². The van der Waals surface area contributed by atoms with Crippen molar-refractivity contribution in [2.45, 2.75) is 18.6 Å². The van der Waals surface area contributed by atoms with Gasteiger partial charge in [-0.25, -0.2) is 0 Å². The second kappa shape index (κ2) is 9.54. The van der Waals surface area contributed by atoms with Crippen molar-refractivity contribution in [3.8, 4) is 5.75 Å². The molecule has 3 aromatic rings. The van der Waals surface area contributed by atoms with Gasteiger partial charge in [-0.3, -0.25) is 10.1 Å². The molecule has 7 heteroatoms. The van der Waals surface area contributed by atoms with Gasteiger partial charge in [-0.15, -0.1) is 0 Å². The first-order valence-corrected chi connectivity index (χ1v) is 9.84. The third kappa shape index (κ3) is 5.56. The molecule has 0 aromatic heterocycles. The Morgan fingerprint density at radius 3 is 2.14 bits per heavy atom. The Labute approximate surface area is 177 Å². The van der Waals surface area contributed by atoms with E-state index in [-0.39, 0.29) is 11.7 Å². The van der Waals surface area contributed by atoms with Gasteiger partial charge in [-0.05, 0) is 47.5 Å². The molecule has 0 aliphatic carbocycles. The van der Waals surface area contributed by atoms with Gasteiger partial charge < -0.3 is 15.2 Å². The first kappa shape index (κ1) is 20.8. The number of ether oxygens (including phenoxy) is 1.